The second-order valence-electron chi connectivity index (χ2n) is 6.98. The lowest BCUT2D eigenvalue weighted by atomic mass is 10.0. The lowest BCUT2D eigenvalue weighted by molar-refractivity contribution is 0.890. The molecule has 0 aliphatic rings. The molecule has 0 unspecified atom stereocenters. The van der Waals surface area contributed by atoms with E-state index in [4.69, 9.17) is 17.3 Å². The number of aromatic nitrogens is 6. The van der Waals surface area contributed by atoms with Gasteiger partial charge in [-0.05, 0) is 29.3 Å². The van der Waals surface area contributed by atoms with E-state index in [0.29, 0.717) is 40.5 Å². The fourth-order valence-corrected chi connectivity index (χ4v) is 3.92. The van der Waals surface area contributed by atoms with Gasteiger partial charge in [-0.2, -0.15) is 4.52 Å². The number of rotatable bonds is 4. The molecule has 5 aromatic rings. The Bertz CT molecular complexity index is 1490. The first-order valence-electron chi connectivity index (χ1n) is 9.67. The highest BCUT2D eigenvalue weighted by atomic mass is 79.9. The van der Waals surface area contributed by atoms with Crippen molar-refractivity contribution >= 4 is 33.2 Å². The van der Waals surface area contributed by atoms with Crippen molar-refractivity contribution in [3.63, 3.8) is 0 Å². The van der Waals surface area contributed by atoms with E-state index in [-0.39, 0.29) is 5.95 Å². The smallest absolute Gasteiger partial charge is 0.223 e. The predicted octanol–water partition coefficient (Wildman–Crippen LogP) is 4.73. The van der Waals surface area contributed by atoms with Crippen LogP contribution in [-0.2, 0) is 6.42 Å². The molecule has 0 atom stereocenters. The number of hydrogen-bond donors (Lipinski definition) is 1. The first-order chi connectivity index (χ1) is 15.6. The molecule has 2 aromatic carbocycles. The third-order valence-corrected chi connectivity index (χ3v) is 5.72. The van der Waals surface area contributed by atoms with Gasteiger partial charge in [0.2, 0.25) is 5.95 Å². The van der Waals surface area contributed by atoms with Crippen molar-refractivity contribution in [2.75, 3.05) is 5.73 Å². The van der Waals surface area contributed by atoms with Gasteiger partial charge in [0, 0.05) is 17.1 Å². The Morgan fingerprint density at radius 2 is 1.94 bits per heavy atom. The van der Waals surface area contributed by atoms with Gasteiger partial charge in [0.05, 0.1) is 23.5 Å². The normalized spacial score (nSPS) is 10.9. The fourth-order valence-electron chi connectivity index (χ4n) is 3.49. The summed E-state index contributed by atoms with van der Waals surface area (Å²) in [5.41, 5.74) is 11.0. The summed E-state index contributed by atoms with van der Waals surface area (Å²) < 4.78 is 2.52. The molecule has 8 nitrogen and oxygen atoms in total. The lowest BCUT2D eigenvalue weighted by Gasteiger charge is -2.11. The molecule has 0 spiro atoms. The van der Waals surface area contributed by atoms with Crippen LogP contribution in [0.2, 0.25) is 0 Å². The average molecular weight is 483 g/mol. The van der Waals surface area contributed by atoms with Crippen LogP contribution in [0.3, 0.4) is 0 Å². The second-order valence-corrected chi connectivity index (χ2v) is 7.84. The Kier molecular flexibility index (Phi) is 5.05. The molecule has 0 bridgehead atoms. The summed E-state index contributed by atoms with van der Waals surface area (Å²) in [6.45, 7) is 7.35. The van der Waals surface area contributed by atoms with Crippen LogP contribution in [0.1, 0.15) is 11.4 Å². The Balaban J connectivity index is 1.76. The van der Waals surface area contributed by atoms with E-state index in [9.17, 15) is 0 Å². The standard InChI is InChI=1S/C23H15BrN8/c1-26-16-7-4-6-15(11-16)21-20(18-9-10-27-13-28-18)22-29-19(31-32(22)23(25)30-21)12-14-5-2-3-8-17(14)24/h2-11,13H,12H2,(H2,25,30). The minimum absolute atomic E-state index is 0.201. The van der Waals surface area contributed by atoms with Crippen molar-refractivity contribution in [2.24, 2.45) is 0 Å². The van der Waals surface area contributed by atoms with E-state index in [0.717, 1.165) is 15.6 Å². The largest absolute Gasteiger partial charge is 0.368 e. The Labute approximate surface area is 191 Å². The summed E-state index contributed by atoms with van der Waals surface area (Å²) in [6, 6.07) is 16.9. The van der Waals surface area contributed by atoms with Gasteiger partial charge in [-0.25, -0.2) is 24.8 Å². The predicted molar refractivity (Wildman–Crippen MR) is 125 cm³/mol. The molecule has 0 saturated carbocycles. The average Bonchev–Trinajstić information content (AvgIpc) is 3.25. The van der Waals surface area contributed by atoms with Gasteiger partial charge in [-0.3, -0.25) is 0 Å². The Hall–Kier alpha value is -4.16. The number of fused-ring (bicyclic) bond motifs is 1. The van der Waals surface area contributed by atoms with E-state index in [1.54, 1.807) is 24.4 Å². The molecule has 3 aromatic heterocycles. The van der Waals surface area contributed by atoms with Crippen LogP contribution in [-0.4, -0.2) is 29.5 Å². The second kappa shape index (κ2) is 8.17. The number of nitrogen functional groups attached to an aromatic ring is 1. The van der Waals surface area contributed by atoms with Crippen molar-refractivity contribution in [3.05, 3.63) is 94.4 Å². The van der Waals surface area contributed by atoms with Crippen molar-refractivity contribution in [1.29, 1.82) is 0 Å². The lowest BCUT2D eigenvalue weighted by Crippen LogP contribution is -2.06. The molecule has 0 aliphatic heterocycles. The molecule has 5 rings (SSSR count). The summed E-state index contributed by atoms with van der Waals surface area (Å²) >= 11 is 3.58. The van der Waals surface area contributed by atoms with Crippen LogP contribution in [0, 0.1) is 6.57 Å². The zero-order chi connectivity index (χ0) is 22.1. The topological polar surface area (TPSA) is 99.2 Å². The number of anilines is 1. The SMILES string of the molecule is [C-]#[N+]c1cccc(-c2nc(N)n3nc(Cc4ccccc4Br)nc3c2-c2ccncn2)c1. The molecule has 0 aliphatic carbocycles. The summed E-state index contributed by atoms with van der Waals surface area (Å²) in [7, 11) is 0. The van der Waals surface area contributed by atoms with Crippen molar-refractivity contribution in [3.8, 4) is 22.5 Å². The van der Waals surface area contributed by atoms with Crippen LogP contribution < -0.4 is 5.73 Å². The third-order valence-electron chi connectivity index (χ3n) is 4.95. The van der Waals surface area contributed by atoms with Crippen LogP contribution >= 0.6 is 15.9 Å². The van der Waals surface area contributed by atoms with Gasteiger partial charge in [-0.15, -0.1) is 5.10 Å². The molecule has 0 radical (unpaired) electrons. The highest BCUT2D eigenvalue weighted by Crippen LogP contribution is 2.35. The van der Waals surface area contributed by atoms with Crippen LogP contribution in [0.25, 0.3) is 33.0 Å². The molecule has 2 N–H and O–H groups in total. The minimum Gasteiger partial charge on any atom is -0.368 e. The maximum Gasteiger partial charge on any atom is 0.223 e. The molecular weight excluding hydrogens is 468 g/mol. The Morgan fingerprint density at radius 3 is 2.72 bits per heavy atom. The van der Waals surface area contributed by atoms with E-state index >= 15 is 0 Å². The summed E-state index contributed by atoms with van der Waals surface area (Å²) in [6.07, 6.45) is 3.65. The highest BCUT2D eigenvalue weighted by Gasteiger charge is 2.21. The van der Waals surface area contributed by atoms with E-state index < -0.39 is 0 Å². The van der Waals surface area contributed by atoms with Crippen LogP contribution in [0.4, 0.5) is 11.6 Å². The van der Waals surface area contributed by atoms with Crippen molar-refractivity contribution < 1.29 is 0 Å². The van der Waals surface area contributed by atoms with Gasteiger partial charge in [0.15, 0.2) is 17.2 Å². The maximum atomic E-state index is 7.35. The van der Waals surface area contributed by atoms with Gasteiger partial charge < -0.3 is 5.73 Å². The van der Waals surface area contributed by atoms with Crippen molar-refractivity contribution in [1.82, 2.24) is 29.5 Å². The van der Waals surface area contributed by atoms with Gasteiger partial charge in [0.1, 0.15) is 6.33 Å². The highest BCUT2D eigenvalue weighted by molar-refractivity contribution is 9.10. The minimum atomic E-state index is 0.201. The molecule has 0 fully saturated rings. The fraction of sp³-hybridized carbons (Fsp3) is 0.0435. The van der Waals surface area contributed by atoms with E-state index in [2.05, 4.69) is 40.8 Å². The molecular formula is C23H15BrN8. The quantitative estimate of drug-likeness (QED) is 0.371. The van der Waals surface area contributed by atoms with E-state index in [1.807, 2.05) is 36.4 Å². The molecule has 9 heteroatoms. The van der Waals surface area contributed by atoms with Crippen LogP contribution in [0.5, 0.6) is 0 Å². The zero-order valence-corrected chi connectivity index (χ0v) is 18.2. The van der Waals surface area contributed by atoms with Gasteiger partial charge >= 0.3 is 0 Å². The number of nitrogens with zero attached hydrogens (tertiary/aromatic N) is 7. The monoisotopic (exact) mass is 482 g/mol. The van der Waals surface area contributed by atoms with Gasteiger partial charge in [-0.1, -0.05) is 52.3 Å². The molecule has 0 saturated heterocycles. The number of nitrogens with two attached hydrogens (primary N) is 1. The summed E-state index contributed by atoms with van der Waals surface area (Å²) in [4.78, 5) is 21.4. The number of hydrogen-bond acceptors (Lipinski definition) is 6. The van der Waals surface area contributed by atoms with Crippen LogP contribution in [0.15, 0.2) is 71.6 Å². The molecule has 3 heterocycles. The molecule has 0 amide bonds. The maximum absolute atomic E-state index is 7.35. The van der Waals surface area contributed by atoms with Crippen molar-refractivity contribution in [2.45, 2.75) is 6.42 Å². The van der Waals surface area contributed by atoms with Gasteiger partial charge in [0.25, 0.3) is 0 Å². The van der Waals surface area contributed by atoms with E-state index in [1.165, 1.54) is 10.8 Å². The first-order valence-corrected chi connectivity index (χ1v) is 10.5. The third kappa shape index (κ3) is 3.57. The zero-order valence-electron chi connectivity index (χ0n) is 16.6. The number of benzene rings is 2. The Morgan fingerprint density at radius 1 is 1.06 bits per heavy atom. The number of halogens is 1. The molecule has 32 heavy (non-hydrogen) atoms. The summed E-state index contributed by atoms with van der Waals surface area (Å²) in [5.74, 6) is 0.805. The molecule has 154 valence electrons. The first kappa shape index (κ1) is 19.8. The summed E-state index contributed by atoms with van der Waals surface area (Å²) in [5, 5.41) is 4.61.